The third-order valence-corrected chi connectivity index (χ3v) is 4.24. The molecule has 1 aliphatic rings. The summed E-state index contributed by atoms with van der Waals surface area (Å²) in [6, 6.07) is 1.03. The first-order chi connectivity index (χ1) is 9.30. The fraction of sp³-hybridized carbons (Fsp3) is 0.500. The monoisotopic (exact) mass is 452 g/mol. The van der Waals surface area contributed by atoms with E-state index in [4.69, 9.17) is 0 Å². The molecule has 1 atom stereocenters. The lowest BCUT2D eigenvalue weighted by molar-refractivity contribution is -0.188. The molecule has 0 unspecified atom stereocenters. The lowest BCUT2D eigenvalue weighted by atomic mass is 10.0. The Labute approximate surface area is 143 Å². The van der Waals surface area contributed by atoms with Gasteiger partial charge in [0.2, 0.25) is 0 Å². The quantitative estimate of drug-likeness (QED) is 0.713. The number of rotatable bonds is 2. The van der Waals surface area contributed by atoms with Crippen LogP contribution >= 0.6 is 44.3 Å². The van der Waals surface area contributed by atoms with Gasteiger partial charge in [0.25, 0.3) is 0 Å². The van der Waals surface area contributed by atoms with Crippen LogP contribution in [0.3, 0.4) is 0 Å². The van der Waals surface area contributed by atoms with Crippen LogP contribution in [0.4, 0.5) is 13.2 Å². The molecular weight excluding hydrogens is 440 g/mol. The maximum atomic E-state index is 13.4. The summed E-state index contributed by atoms with van der Waals surface area (Å²) in [5.41, 5.74) is -0.138. The molecule has 1 aliphatic heterocycles. The van der Waals surface area contributed by atoms with Gasteiger partial charge in [-0.3, -0.25) is 4.90 Å². The van der Waals surface area contributed by atoms with E-state index in [1.807, 2.05) is 0 Å². The molecule has 9 heteroatoms. The third-order valence-electron chi connectivity index (χ3n) is 3.18. The fourth-order valence-electron chi connectivity index (χ4n) is 2.31. The van der Waals surface area contributed by atoms with Gasteiger partial charge in [0, 0.05) is 36.2 Å². The highest BCUT2D eigenvalue weighted by atomic mass is 79.9. The summed E-state index contributed by atoms with van der Waals surface area (Å²) in [6.07, 6.45) is -4.45. The molecule has 1 heterocycles. The second-order valence-electron chi connectivity index (χ2n) is 4.56. The number of hydrogen-bond donors (Lipinski definition) is 2. The molecule has 2 N–H and O–H groups in total. The Kier molecular flexibility index (Phi) is 6.80. The molecule has 21 heavy (non-hydrogen) atoms. The number of alkyl halides is 3. The molecule has 0 bridgehead atoms. The predicted molar refractivity (Wildman–Crippen MR) is 84.0 cm³/mol. The number of piperazine rings is 1. The number of nitrogens with one attached hydrogen (secondary N) is 1. The molecule has 0 saturated carbocycles. The first-order valence-electron chi connectivity index (χ1n) is 6.00. The zero-order valence-corrected chi connectivity index (χ0v) is 14.7. The summed E-state index contributed by atoms with van der Waals surface area (Å²) < 4.78 is 41.0. The number of nitrogens with zero attached hydrogens (tertiary/aromatic N) is 1. The lowest BCUT2D eigenvalue weighted by Gasteiger charge is -2.36. The van der Waals surface area contributed by atoms with Crippen molar-refractivity contribution in [3.05, 3.63) is 26.6 Å². The van der Waals surface area contributed by atoms with Crippen molar-refractivity contribution in [2.45, 2.75) is 12.2 Å². The van der Waals surface area contributed by atoms with Crippen molar-refractivity contribution in [2.75, 3.05) is 26.2 Å². The Morgan fingerprint density at radius 3 is 2.29 bits per heavy atom. The van der Waals surface area contributed by atoms with Crippen molar-refractivity contribution in [3.8, 4) is 5.75 Å². The highest BCUT2D eigenvalue weighted by Crippen LogP contribution is 2.44. The van der Waals surface area contributed by atoms with Gasteiger partial charge in [0.1, 0.15) is 11.8 Å². The first-order valence-corrected chi connectivity index (χ1v) is 7.58. The predicted octanol–water partition coefficient (Wildman–Crippen LogP) is 3.85. The summed E-state index contributed by atoms with van der Waals surface area (Å²) in [7, 11) is 0. The van der Waals surface area contributed by atoms with E-state index >= 15 is 0 Å². The zero-order valence-electron chi connectivity index (χ0n) is 10.8. The molecular formula is C12H14Br2ClF3N2O. The van der Waals surface area contributed by atoms with Crippen LogP contribution in [0.15, 0.2) is 21.1 Å². The molecule has 1 aromatic carbocycles. The normalized spacial score (nSPS) is 18.1. The van der Waals surface area contributed by atoms with Crippen LogP contribution in [0.2, 0.25) is 0 Å². The van der Waals surface area contributed by atoms with Crippen molar-refractivity contribution in [3.63, 3.8) is 0 Å². The Balaban J connectivity index is 0.00000220. The van der Waals surface area contributed by atoms with Crippen molar-refractivity contribution in [2.24, 2.45) is 0 Å². The second kappa shape index (κ2) is 7.50. The van der Waals surface area contributed by atoms with E-state index < -0.39 is 12.2 Å². The molecule has 1 aromatic rings. The minimum absolute atomic E-state index is 0. The van der Waals surface area contributed by atoms with E-state index in [0.717, 1.165) is 0 Å². The SMILES string of the molecule is Cl.Oc1c(Br)cc(Br)cc1[C@@H](N1CCNCC1)C(F)(F)F. The molecule has 3 nitrogen and oxygen atoms in total. The standard InChI is InChI=1S/C12H13Br2F3N2O.ClH/c13-7-5-8(10(20)9(14)6-7)11(12(15,16)17)19-3-1-18-2-4-19;/h5-6,11,18,20H,1-4H2;1H/t11-;/m1./s1. The minimum Gasteiger partial charge on any atom is -0.506 e. The van der Waals surface area contributed by atoms with Crippen molar-refractivity contribution in [1.29, 1.82) is 0 Å². The van der Waals surface area contributed by atoms with Crippen LogP contribution in [0.5, 0.6) is 5.75 Å². The molecule has 2 rings (SSSR count). The average molecular weight is 455 g/mol. The number of phenolic OH excluding ortho intramolecular Hbond substituents is 1. The smallest absolute Gasteiger partial charge is 0.408 e. The fourth-order valence-corrected chi connectivity index (χ4v) is 3.57. The largest absolute Gasteiger partial charge is 0.506 e. The van der Waals surface area contributed by atoms with Crippen LogP contribution < -0.4 is 5.32 Å². The lowest BCUT2D eigenvalue weighted by Crippen LogP contribution is -2.49. The maximum Gasteiger partial charge on any atom is 0.408 e. The molecule has 1 saturated heterocycles. The van der Waals surface area contributed by atoms with Gasteiger partial charge in [-0.15, -0.1) is 12.4 Å². The van der Waals surface area contributed by atoms with E-state index in [0.29, 0.717) is 17.6 Å². The van der Waals surface area contributed by atoms with Gasteiger partial charge in [-0.1, -0.05) is 15.9 Å². The van der Waals surface area contributed by atoms with Crippen LogP contribution in [0.1, 0.15) is 11.6 Å². The summed E-state index contributed by atoms with van der Waals surface area (Å²) in [5, 5.41) is 13.0. The van der Waals surface area contributed by atoms with Crippen molar-refractivity contribution >= 4 is 44.3 Å². The Morgan fingerprint density at radius 2 is 1.76 bits per heavy atom. The molecule has 120 valence electrons. The van der Waals surface area contributed by atoms with Crippen molar-refractivity contribution in [1.82, 2.24) is 10.2 Å². The summed E-state index contributed by atoms with van der Waals surface area (Å²) in [4.78, 5) is 1.34. The highest BCUT2D eigenvalue weighted by Gasteiger charge is 2.46. The molecule has 0 aromatic heterocycles. The summed E-state index contributed by atoms with van der Waals surface area (Å²) in [5.74, 6) is -0.367. The molecule has 1 fully saturated rings. The number of hydrogen-bond acceptors (Lipinski definition) is 3. The molecule has 0 amide bonds. The molecule has 0 radical (unpaired) electrons. The van der Waals surface area contributed by atoms with E-state index in [-0.39, 0.29) is 41.3 Å². The number of halogens is 6. The third kappa shape index (κ3) is 4.48. The Morgan fingerprint density at radius 1 is 1.19 bits per heavy atom. The zero-order chi connectivity index (χ0) is 14.9. The average Bonchev–Trinajstić information content (AvgIpc) is 2.35. The summed E-state index contributed by atoms with van der Waals surface area (Å²) >= 11 is 6.24. The van der Waals surface area contributed by atoms with E-state index in [2.05, 4.69) is 37.2 Å². The van der Waals surface area contributed by atoms with E-state index in [1.54, 1.807) is 0 Å². The van der Waals surface area contributed by atoms with E-state index in [9.17, 15) is 18.3 Å². The minimum atomic E-state index is -4.45. The van der Waals surface area contributed by atoms with Gasteiger partial charge >= 0.3 is 6.18 Å². The van der Waals surface area contributed by atoms with Gasteiger partial charge < -0.3 is 10.4 Å². The Bertz CT molecular complexity index is 496. The second-order valence-corrected chi connectivity index (χ2v) is 6.33. The summed E-state index contributed by atoms with van der Waals surface area (Å²) in [6.45, 7) is 1.58. The number of benzene rings is 1. The molecule has 0 spiro atoms. The Hall–Kier alpha value is -0.0200. The first kappa shape index (κ1) is 19.0. The van der Waals surface area contributed by atoms with Crippen LogP contribution in [-0.4, -0.2) is 42.4 Å². The van der Waals surface area contributed by atoms with Crippen LogP contribution in [0, 0.1) is 0 Å². The van der Waals surface area contributed by atoms with Crippen LogP contribution in [0.25, 0.3) is 0 Å². The number of aromatic hydroxyl groups is 1. The van der Waals surface area contributed by atoms with Gasteiger partial charge in [-0.2, -0.15) is 13.2 Å². The van der Waals surface area contributed by atoms with Crippen molar-refractivity contribution < 1.29 is 18.3 Å². The molecule has 0 aliphatic carbocycles. The van der Waals surface area contributed by atoms with Gasteiger partial charge in [-0.25, -0.2) is 0 Å². The van der Waals surface area contributed by atoms with Crippen LogP contribution in [-0.2, 0) is 0 Å². The van der Waals surface area contributed by atoms with Gasteiger partial charge in [0.05, 0.1) is 4.47 Å². The number of phenols is 1. The van der Waals surface area contributed by atoms with Gasteiger partial charge in [-0.05, 0) is 28.1 Å². The maximum absolute atomic E-state index is 13.4. The topological polar surface area (TPSA) is 35.5 Å². The highest BCUT2D eigenvalue weighted by molar-refractivity contribution is 9.11. The van der Waals surface area contributed by atoms with E-state index in [1.165, 1.54) is 17.0 Å². The van der Waals surface area contributed by atoms with Gasteiger partial charge in [0.15, 0.2) is 0 Å².